The number of rotatable bonds is 4. The minimum Gasteiger partial charge on any atom is -0.337 e. The van der Waals surface area contributed by atoms with Crippen LogP contribution in [0.5, 0.6) is 0 Å². The molecule has 4 rings (SSSR count). The van der Waals surface area contributed by atoms with Crippen molar-refractivity contribution in [3.05, 3.63) is 59.9 Å². The first-order chi connectivity index (χ1) is 13.9. The summed E-state index contributed by atoms with van der Waals surface area (Å²) in [5.41, 5.74) is 1.51. The zero-order chi connectivity index (χ0) is 20.4. The highest BCUT2D eigenvalue weighted by molar-refractivity contribution is 7.89. The summed E-state index contributed by atoms with van der Waals surface area (Å²) in [6, 6.07) is 10.8. The van der Waals surface area contributed by atoms with Crippen LogP contribution in [0.1, 0.15) is 5.56 Å². The molecule has 2 aromatic carbocycles. The van der Waals surface area contributed by atoms with E-state index in [-0.39, 0.29) is 42.8 Å². The van der Waals surface area contributed by atoms with Crippen LogP contribution >= 0.6 is 11.7 Å². The van der Waals surface area contributed by atoms with Crippen molar-refractivity contribution in [2.75, 3.05) is 26.2 Å². The van der Waals surface area contributed by atoms with Gasteiger partial charge in [-0.2, -0.15) is 13.1 Å². The van der Waals surface area contributed by atoms with Crippen LogP contribution in [0.4, 0.5) is 4.39 Å². The number of halogens is 1. The van der Waals surface area contributed by atoms with Crippen molar-refractivity contribution in [1.29, 1.82) is 0 Å². The summed E-state index contributed by atoms with van der Waals surface area (Å²) in [6.45, 7) is 0.930. The lowest BCUT2D eigenvalue weighted by Gasteiger charge is -2.33. The average molecular weight is 433 g/mol. The molecule has 0 atom stereocenters. The summed E-state index contributed by atoms with van der Waals surface area (Å²) in [7, 11) is -3.73. The van der Waals surface area contributed by atoms with Crippen LogP contribution in [0, 0.1) is 5.82 Å². The van der Waals surface area contributed by atoms with Crippen LogP contribution in [-0.4, -0.2) is 58.5 Å². The lowest BCUT2D eigenvalue weighted by atomic mass is 10.2. The van der Waals surface area contributed by atoms with Gasteiger partial charge in [-0.15, -0.1) is 0 Å². The van der Waals surface area contributed by atoms with Crippen LogP contribution in [0.25, 0.3) is 17.1 Å². The Labute approximate surface area is 171 Å². The van der Waals surface area contributed by atoms with Gasteiger partial charge in [-0.1, -0.05) is 18.2 Å². The van der Waals surface area contributed by atoms with Crippen molar-refractivity contribution in [3.63, 3.8) is 0 Å². The van der Waals surface area contributed by atoms with E-state index in [1.165, 1.54) is 28.6 Å². The fraction of sp³-hybridized carbons (Fsp3) is 0.211. The SMILES string of the molecule is O=C(/C=C/c1cccc(F)c1)N1CCN(S(=O)(=O)c2cccc3nsnc23)CC1. The standard InChI is InChI=1S/C19H17FN4O3S2/c20-15-4-1-3-14(13-15)7-8-18(25)23-9-11-24(12-10-23)29(26,27)17-6-2-5-16-19(17)22-28-21-16/h1-8,13H,9-12H2/b8-7+. The summed E-state index contributed by atoms with van der Waals surface area (Å²) in [6.07, 6.45) is 2.92. The molecule has 0 saturated carbocycles. The lowest BCUT2D eigenvalue weighted by molar-refractivity contribution is -0.127. The first-order valence-electron chi connectivity index (χ1n) is 8.89. The zero-order valence-electron chi connectivity index (χ0n) is 15.2. The van der Waals surface area contributed by atoms with Crippen LogP contribution in [0.15, 0.2) is 53.4 Å². The summed E-state index contributed by atoms with van der Waals surface area (Å²) < 4.78 is 48.8. The molecule has 0 N–H and O–H groups in total. The van der Waals surface area contributed by atoms with Gasteiger partial charge in [0, 0.05) is 32.3 Å². The van der Waals surface area contributed by atoms with E-state index in [2.05, 4.69) is 8.75 Å². The summed E-state index contributed by atoms with van der Waals surface area (Å²) in [4.78, 5) is 14.1. The highest BCUT2D eigenvalue weighted by Gasteiger charge is 2.31. The quantitative estimate of drug-likeness (QED) is 0.591. The van der Waals surface area contributed by atoms with Crippen LogP contribution in [0.3, 0.4) is 0 Å². The van der Waals surface area contributed by atoms with E-state index in [1.54, 1.807) is 35.2 Å². The number of piperazine rings is 1. The van der Waals surface area contributed by atoms with Crippen LogP contribution in [-0.2, 0) is 14.8 Å². The molecule has 150 valence electrons. The van der Waals surface area contributed by atoms with Crippen LogP contribution in [0.2, 0.25) is 0 Å². The second kappa shape index (κ2) is 7.97. The van der Waals surface area contributed by atoms with E-state index in [0.717, 1.165) is 11.7 Å². The molecule has 0 bridgehead atoms. The molecule has 1 aliphatic rings. The van der Waals surface area contributed by atoms with Crippen molar-refractivity contribution in [3.8, 4) is 0 Å². The third-order valence-electron chi connectivity index (χ3n) is 4.68. The van der Waals surface area contributed by atoms with Gasteiger partial charge in [0.05, 0.1) is 11.7 Å². The number of carbonyl (C=O) groups excluding carboxylic acids is 1. The molecule has 29 heavy (non-hydrogen) atoms. The van der Waals surface area contributed by atoms with Gasteiger partial charge in [-0.3, -0.25) is 4.79 Å². The number of hydrogen-bond acceptors (Lipinski definition) is 6. The molecule has 7 nitrogen and oxygen atoms in total. The highest BCUT2D eigenvalue weighted by Crippen LogP contribution is 2.25. The zero-order valence-corrected chi connectivity index (χ0v) is 16.9. The maximum absolute atomic E-state index is 13.2. The van der Waals surface area contributed by atoms with Gasteiger partial charge >= 0.3 is 0 Å². The second-order valence-electron chi connectivity index (χ2n) is 6.51. The Morgan fingerprint density at radius 2 is 1.83 bits per heavy atom. The lowest BCUT2D eigenvalue weighted by Crippen LogP contribution is -2.50. The van der Waals surface area contributed by atoms with Crippen LogP contribution < -0.4 is 0 Å². The third kappa shape index (κ3) is 4.04. The second-order valence-corrected chi connectivity index (χ2v) is 8.94. The summed E-state index contributed by atoms with van der Waals surface area (Å²) in [5, 5.41) is 0. The van der Waals surface area contributed by atoms with Gasteiger partial charge < -0.3 is 4.90 Å². The Kier molecular flexibility index (Phi) is 5.39. The van der Waals surface area contributed by atoms with E-state index < -0.39 is 10.0 Å². The molecule has 1 aromatic heterocycles. The van der Waals surface area contributed by atoms with Crippen molar-refractivity contribution >= 4 is 44.8 Å². The number of hydrogen-bond donors (Lipinski definition) is 0. The first kappa shape index (κ1) is 19.6. The molecule has 1 aliphatic heterocycles. The largest absolute Gasteiger partial charge is 0.337 e. The van der Waals surface area contributed by atoms with Crippen molar-refractivity contribution < 1.29 is 17.6 Å². The normalized spacial score (nSPS) is 16.0. The maximum atomic E-state index is 13.2. The number of fused-ring (bicyclic) bond motifs is 1. The maximum Gasteiger partial charge on any atom is 0.246 e. The monoisotopic (exact) mass is 432 g/mol. The van der Waals surface area contributed by atoms with E-state index in [9.17, 15) is 17.6 Å². The molecule has 3 aromatic rings. The minimum atomic E-state index is -3.73. The first-order valence-corrected chi connectivity index (χ1v) is 11.1. The van der Waals surface area contributed by atoms with Crippen molar-refractivity contribution in [1.82, 2.24) is 18.0 Å². The molecule has 0 radical (unpaired) electrons. The van der Waals surface area contributed by atoms with E-state index in [4.69, 9.17) is 0 Å². The number of amides is 1. The molecule has 1 amide bonds. The number of benzene rings is 2. The predicted octanol–water partition coefficient (Wildman–Crippen LogP) is 2.38. The van der Waals surface area contributed by atoms with Gasteiger partial charge in [0.25, 0.3) is 0 Å². The van der Waals surface area contributed by atoms with Crippen molar-refractivity contribution in [2.24, 2.45) is 0 Å². The Morgan fingerprint density at radius 1 is 1.07 bits per heavy atom. The average Bonchev–Trinajstić information content (AvgIpc) is 3.21. The number of carbonyl (C=O) groups is 1. The van der Waals surface area contributed by atoms with Crippen molar-refractivity contribution in [2.45, 2.75) is 4.90 Å². The molecule has 0 aliphatic carbocycles. The molecular weight excluding hydrogens is 415 g/mol. The fourth-order valence-corrected chi connectivity index (χ4v) is 5.34. The Hall–Kier alpha value is -2.69. The van der Waals surface area contributed by atoms with Gasteiger partial charge in [-0.25, -0.2) is 12.8 Å². The third-order valence-corrected chi connectivity index (χ3v) is 7.16. The van der Waals surface area contributed by atoms with Gasteiger partial charge in [-0.05, 0) is 35.9 Å². The van der Waals surface area contributed by atoms with Gasteiger partial charge in [0.2, 0.25) is 15.9 Å². The Bertz CT molecular complexity index is 1180. The summed E-state index contributed by atoms with van der Waals surface area (Å²) >= 11 is 0.972. The van der Waals surface area contributed by atoms with Gasteiger partial charge in [0.15, 0.2) is 0 Å². The molecular formula is C19H17FN4O3S2. The predicted molar refractivity (Wildman–Crippen MR) is 108 cm³/mol. The molecule has 0 unspecified atom stereocenters. The van der Waals surface area contributed by atoms with Gasteiger partial charge in [0.1, 0.15) is 21.7 Å². The molecule has 10 heteroatoms. The highest BCUT2D eigenvalue weighted by atomic mass is 32.2. The number of aromatic nitrogens is 2. The Morgan fingerprint density at radius 3 is 2.59 bits per heavy atom. The smallest absolute Gasteiger partial charge is 0.246 e. The fourth-order valence-electron chi connectivity index (χ4n) is 3.16. The minimum absolute atomic E-state index is 0.134. The van der Waals surface area contributed by atoms with E-state index in [0.29, 0.717) is 16.6 Å². The van der Waals surface area contributed by atoms with E-state index in [1.807, 2.05) is 0 Å². The molecule has 1 saturated heterocycles. The number of nitrogens with zero attached hydrogens (tertiary/aromatic N) is 4. The molecule has 2 heterocycles. The topological polar surface area (TPSA) is 83.5 Å². The molecule has 1 fully saturated rings. The summed E-state index contributed by atoms with van der Waals surface area (Å²) in [5.74, 6) is -0.610. The molecule has 0 spiro atoms. The number of sulfonamides is 1. The Balaban J connectivity index is 1.43. The van der Waals surface area contributed by atoms with E-state index >= 15 is 0 Å².